The summed E-state index contributed by atoms with van der Waals surface area (Å²) in [6.45, 7) is 5.02. The molecule has 5 nitrogen and oxygen atoms in total. The number of likely N-dealkylation sites (tertiary alicyclic amines) is 1. The number of carbonyl (C=O) groups excluding carboxylic acids is 1. The van der Waals surface area contributed by atoms with Crippen LogP contribution in [-0.2, 0) is 4.79 Å². The van der Waals surface area contributed by atoms with Gasteiger partial charge in [-0.1, -0.05) is 6.92 Å². The lowest BCUT2D eigenvalue weighted by molar-refractivity contribution is -0.128. The number of hydrogen-bond acceptors (Lipinski definition) is 4. The Kier molecular flexibility index (Phi) is 7.37. The van der Waals surface area contributed by atoms with Crippen LogP contribution in [-0.4, -0.2) is 50.7 Å². The van der Waals surface area contributed by atoms with Crippen molar-refractivity contribution >= 4 is 5.91 Å². The van der Waals surface area contributed by atoms with Gasteiger partial charge in [-0.05, 0) is 76.0 Å². The number of carbonyl (C=O) groups is 1. The van der Waals surface area contributed by atoms with Gasteiger partial charge in [0.15, 0.2) is 6.10 Å². The third kappa shape index (κ3) is 5.71. The molecule has 1 heterocycles. The fraction of sp³-hybridized carbons (Fsp3) is 0.632. The molecule has 0 radical (unpaired) electrons. The summed E-state index contributed by atoms with van der Waals surface area (Å²) < 4.78 is 10.9. The van der Waals surface area contributed by atoms with Crippen molar-refractivity contribution in [2.75, 3.05) is 33.8 Å². The molecule has 5 heteroatoms. The second-order valence-corrected chi connectivity index (χ2v) is 6.52. The first-order valence-corrected chi connectivity index (χ1v) is 8.89. The molecule has 24 heavy (non-hydrogen) atoms. The van der Waals surface area contributed by atoms with E-state index < -0.39 is 6.10 Å². The number of nitrogens with zero attached hydrogens (tertiary/aromatic N) is 1. The van der Waals surface area contributed by atoms with Crippen LogP contribution < -0.4 is 14.8 Å². The number of rotatable bonds is 8. The summed E-state index contributed by atoms with van der Waals surface area (Å²) in [6, 6.07) is 7.32. The molecule has 0 aromatic heterocycles. The highest BCUT2D eigenvalue weighted by Gasteiger charge is 2.20. The molecule has 1 aromatic carbocycles. The van der Waals surface area contributed by atoms with Crippen molar-refractivity contribution in [1.29, 1.82) is 0 Å². The number of ether oxygens (including phenoxy) is 2. The number of hydrogen-bond donors (Lipinski definition) is 1. The van der Waals surface area contributed by atoms with E-state index in [4.69, 9.17) is 9.47 Å². The highest BCUT2D eigenvalue weighted by Crippen LogP contribution is 2.20. The van der Waals surface area contributed by atoms with Crippen LogP contribution in [0.25, 0.3) is 0 Å². The Hall–Kier alpha value is -1.75. The first-order chi connectivity index (χ1) is 11.6. The third-order valence-electron chi connectivity index (χ3n) is 4.69. The Morgan fingerprint density at radius 3 is 2.46 bits per heavy atom. The molecule has 1 unspecified atom stereocenters. The van der Waals surface area contributed by atoms with E-state index >= 15 is 0 Å². The summed E-state index contributed by atoms with van der Waals surface area (Å²) in [5.41, 5.74) is 0. The Morgan fingerprint density at radius 1 is 1.25 bits per heavy atom. The van der Waals surface area contributed by atoms with Gasteiger partial charge >= 0.3 is 0 Å². The molecule has 0 saturated carbocycles. The zero-order valence-electron chi connectivity index (χ0n) is 15.1. The predicted molar refractivity (Wildman–Crippen MR) is 95.5 cm³/mol. The second kappa shape index (κ2) is 9.52. The van der Waals surface area contributed by atoms with Crippen LogP contribution in [0.5, 0.6) is 11.5 Å². The van der Waals surface area contributed by atoms with Crippen molar-refractivity contribution in [2.45, 2.75) is 38.7 Å². The number of nitrogens with one attached hydrogen (secondary N) is 1. The number of methoxy groups -OCH3 is 1. The second-order valence-electron chi connectivity index (χ2n) is 6.52. The van der Waals surface area contributed by atoms with Gasteiger partial charge in [0.25, 0.3) is 5.91 Å². The van der Waals surface area contributed by atoms with E-state index in [0.29, 0.717) is 12.2 Å². The molecule has 1 fully saturated rings. The minimum Gasteiger partial charge on any atom is -0.497 e. The molecule has 0 aliphatic carbocycles. The highest BCUT2D eigenvalue weighted by molar-refractivity contribution is 5.81. The molecule has 1 amide bonds. The van der Waals surface area contributed by atoms with Crippen LogP contribution in [0.1, 0.15) is 32.6 Å². The van der Waals surface area contributed by atoms with Crippen molar-refractivity contribution in [3.8, 4) is 11.5 Å². The van der Waals surface area contributed by atoms with Crippen LogP contribution >= 0.6 is 0 Å². The number of amides is 1. The van der Waals surface area contributed by atoms with Crippen LogP contribution in [0.15, 0.2) is 24.3 Å². The Morgan fingerprint density at radius 2 is 1.88 bits per heavy atom. The largest absolute Gasteiger partial charge is 0.497 e. The molecule has 1 N–H and O–H groups in total. The molecule has 1 aliphatic heterocycles. The summed E-state index contributed by atoms with van der Waals surface area (Å²) in [5.74, 6) is 2.16. The standard InChI is InChI=1S/C19H30N2O3/c1-4-18(24-17-7-5-16(23-3)6-8-17)19(22)20-12-9-15-10-13-21(2)14-11-15/h5-8,15,18H,4,9-14H2,1-3H3,(H,20,22). The number of benzene rings is 1. The summed E-state index contributed by atoms with van der Waals surface area (Å²) in [7, 11) is 3.79. The zero-order chi connectivity index (χ0) is 17.4. The Balaban J connectivity index is 1.74. The SMILES string of the molecule is CCC(Oc1ccc(OC)cc1)C(=O)NCCC1CCN(C)CC1. The summed E-state index contributed by atoms with van der Waals surface area (Å²) in [5, 5.41) is 3.03. The van der Waals surface area contributed by atoms with Gasteiger partial charge in [0.2, 0.25) is 0 Å². The van der Waals surface area contributed by atoms with E-state index in [-0.39, 0.29) is 5.91 Å². The van der Waals surface area contributed by atoms with Gasteiger partial charge in [-0.15, -0.1) is 0 Å². The molecular weight excluding hydrogens is 304 g/mol. The molecule has 134 valence electrons. The van der Waals surface area contributed by atoms with Crippen LogP contribution in [0.2, 0.25) is 0 Å². The summed E-state index contributed by atoms with van der Waals surface area (Å²) in [4.78, 5) is 14.7. The molecule has 0 bridgehead atoms. The van der Waals surface area contributed by atoms with E-state index in [1.54, 1.807) is 7.11 Å². The quantitative estimate of drug-likeness (QED) is 0.794. The lowest BCUT2D eigenvalue weighted by Crippen LogP contribution is -2.39. The van der Waals surface area contributed by atoms with Crippen molar-refractivity contribution in [2.24, 2.45) is 5.92 Å². The average Bonchev–Trinajstić information content (AvgIpc) is 2.61. The lowest BCUT2D eigenvalue weighted by Gasteiger charge is -2.29. The Labute approximate surface area is 145 Å². The Bertz CT molecular complexity index is 496. The third-order valence-corrected chi connectivity index (χ3v) is 4.69. The van der Waals surface area contributed by atoms with Crippen LogP contribution in [0.3, 0.4) is 0 Å². The van der Waals surface area contributed by atoms with Gasteiger partial charge in [0, 0.05) is 6.54 Å². The van der Waals surface area contributed by atoms with E-state index in [0.717, 1.165) is 37.7 Å². The first-order valence-electron chi connectivity index (χ1n) is 8.89. The van der Waals surface area contributed by atoms with Crippen molar-refractivity contribution < 1.29 is 14.3 Å². The monoisotopic (exact) mass is 334 g/mol. The van der Waals surface area contributed by atoms with Gasteiger partial charge in [-0.2, -0.15) is 0 Å². The maximum atomic E-state index is 12.3. The van der Waals surface area contributed by atoms with Gasteiger partial charge in [-0.25, -0.2) is 0 Å². The first kappa shape index (κ1) is 18.6. The molecule has 1 saturated heterocycles. The highest BCUT2D eigenvalue weighted by atomic mass is 16.5. The fourth-order valence-electron chi connectivity index (χ4n) is 3.00. The van der Waals surface area contributed by atoms with Gasteiger partial charge in [-0.3, -0.25) is 4.79 Å². The van der Waals surface area contributed by atoms with E-state index in [1.807, 2.05) is 31.2 Å². The normalized spacial score (nSPS) is 17.3. The molecule has 1 aromatic rings. The van der Waals surface area contributed by atoms with Crippen LogP contribution in [0.4, 0.5) is 0 Å². The summed E-state index contributed by atoms with van der Waals surface area (Å²) >= 11 is 0. The minimum atomic E-state index is -0.448. The van der Waals surface area contributed by atoms with Gasteiger partial charge in [0.05, 0.1) is 7.11 Å². The van der Waals surface area contributed by atoms with E-state index in [2.05, 4.69) is 17.3 Å². The predicted octanol–water partition coefficient (Wildman–Crippen LogP) is 2.70. The maximum absolute atomic E-state index is 12.3. The van der Waals surface area contributed by atoms with Crippen LogP contribution in [0, 0.1) is 5.92 Å². The van der Waals surface area contributed by atoms with E-state index in [1.165, 1.54) is 12.8 Å². The maximum Gasteiger partial charge on any atom is 0.261 e. The molecule has 1 aliphatic rings. The molecule has 2 rings (SSSR count). The topological polar surface area (TPSA) is 50.8 Å². The minimum absolute atomic E-state index is 0.0266. The molecular formula is C19H30N2O3. The lowest BCUT2D eigenvalue weighted by atomic mass is 9.94. The zero-order valence-corrected chi connectivity index (χ0v) is 15.1. The summed E-state index contributed by atoms with van der Waals surface area (Å²) in [6.07, 6.45) is 3.71. The van der Waals surface area contributed by atoms with E-state index in [9.17, 15) is 4.79 Å². The van der Waals surface area contributed by atoms with Crippen molar-refractivity contribution in [1.82, 2.24) is 10.2 Å². The number of piperidine rings is 1. The molecule has 0 spiro atoms. The fourth-order valence-corrected chi connectivity index (χ4v) is 3.00. The van der Waals surface area contributed by atoms with Gasteiger partial charge in [0.1, 0.15) is 11.5 Å². The van der Waals surface area contributed by atoms with Crippen molar-refractivity contribution in [3.05, 3.63) is 24.3 Å². The van der Waals surface area contributed by atoms with Gasteiger partial charge < -0.3 is 19.7 Å². The molecule has 1 atom stereocenters. The smallest absolute Gasteiger partial charge is 0.261 e. The van der Waals surface area contributed by atoms with Crippen molar-refractivity contribution in [3.63, 3.8) is 0 Å². The average molecular weight is 334 g/mol.